The number of β-lactam (4-membered cyclic amide) rings is 1. The van der Waals surface area contributed by atoms with Crippen molar-refractivity contribution < 1.29 is 23.9 Å². The highest BCUT2D eigenvalue weighted by molar-refractivity contribution is 9.09. The first kappa shape index (κ1) is 28.3. The zero-order valence-corrected chi connectivity index (χ0v) is 24.7. The maximum atomic E-state index is 14.1. The van der Waals surface area contributed by atoms with Crippen LogP contribution in [0.5, 0.6) is 0 Å². The summed E-state index contributed by atoms with van der Waals surface area (Å²) in [6.07, 6.45) is -0.714. The monoisotopic (exact) mass is 644 g/mol. The number of carbonyl (C=O) groups excluding carboxylic acids is 3. The molecule has 1 fully saturated rings. The molecule has 11 nitrogen and oxygen atoms in total. The third-order valence-electron chi connectivity index (χ3n) is 6.55. The summed E-state index contributed by atoms with van der Waals surface area (Å²) in [6, 6.07) is 18.8. The first-order valence-corrected chi connectivity index (χ1v) is 15.3. The summed E-state index contributed by atoms with van der Waals surface area (Å²) in [7, 11) is 1.36. The number of carbonyl (C=O) groups is 3. The first-order valence-electron chi connectivity index (χ1n) is 12.2. The summed E-state index contributed by atoms with van der Waals surface area (Å²) in [6.45, 7) is 1.90. The van der Waals surface area contributed by atoms with Crippen LogP contribution in [0.4, 0.5) is 0 Å². The van der Waals surface area contributed by atoms with E-state index in [1.165, 1.54) is 35.5 Å². The van der Waals surface area contributed by atoms with Crippen LogP contribution >= 0.6 is 39.5 Å². The van der Waals surface area contributed by atoms with Gasteiger partial charge >= 0.3 is 5.97 Å². The van der Waals surface area contributed by atoms with Gasteiger partial charge in [0.05, 0.1) is 5.33 Å². The van der Waals surface area contributed by atoms with Gasteiger partial charge in [0.25, 0.3) is 11.6 Å². The van der Waals surface area contributed by atoms with E-state index in [0.29, 0.717) is 16.5 Å². The molecular formula is C26H25BrN6O5S2. The molecule has 208 valence electrons. The van der Waals surface area contributed by atoms with Gasteiger partial charge in [-0.15, -0.1) is 22.0 Å². The lowest BCUT2D eigenvalue weighted by atomic mass is 9.97. The lowest BCUT2D eigenvalue weighted by Crippen LogP contribution is -2.80. The van der Waals surface area contributed by atoms with Crippen molar-refractivity contribution in [1.82, 2.24) is 30.8 Å². The zero-order chi connectivity index (χ0) is 28.3. The lowest BCUT2D eigenvalue weighted by Gasteiger charge is -2.56. The van der Waals surface area contributed by atoms with Gasteiger partial charge in [-0.2, -0.15) is 5.21 Å². The van der Waals surface area contributed by atoms with Crippen LogP contribution in [-0.4, -0.2) is 77.8 Å². The summed E-state index contributed by atoms with van der Waals surface area (Å²) in [5.41, 5.74) is 0.757. The molecule has 14 heteroatoms. The number of esters is 1. The van der Waals surface area contributed by atoms with E-state index in [1.807, 2.05) is 67.6 Å². The number of amides is 2. The topological polar surface area (TPSA) is 139 Å². The molecule has 2 aliphatic rings. The van der Waals surface area contributed by atoms with Crippen molar-refractivity contribution in [2.45, 2.75) is 34.5 Å². The molecule has 2 amide bonds. The molecule has 3 atom stereocenters. The Morgan fingerprint density at radius 2 is 1.85 bits per heavy atom. The first-order chi connectivity index (χ1) is 19.4. The molecule has 2 N–H and O–H groups in total. The van der Waals surface area contributed by atoms with Crippen LogP contribution in [0.25, 0.3) is 0 Å². The number of H-pyrrole nitrogens is 1. The van der Waals surface area contributed by atoms with Gasteiger partial charge in [0.15, 0.2) is 6.10 Å². The van der Waals surface area contributed by atoms with E-state index in [0.717, 1.165) is 11.1 Å². The molecule has 5 rings (SSSR count). The summed E-state index contributed by atoms with van der Waals surface area (Å²) in [4.78, 5) is 41.4. The number of fused-ring (bicyclic) bond motifs is 1. The van der Waals surface area contributed by atoms with Gasteiger partial charge in [-0.1, -0.05) is 88.4 Å². The van der Waals surface area contributed by atoms with E-state index in [1.54, 1.807) is 0 Å². The van der Waals surface area contributed by atoms with Gasteiger partial charge in [-0.25, -0.2) is 4.79 Å². The Morgan fingerprint density at radius 3 is 2.40 bits per heavy atom. The van der Waals surface area contributed by atoms with Gasteiger partial charge in [0.2, 0.25) is 11.1 Å². The number of halogens is 1. The Morgan fingerprint density at radius 1 is 1.20 bits per heavy atom. The predicted octanol–water partition coefficient (Wildman–Crippen LogP) is 3.04. The molecule has 0 aliphatic carbocycles. The fourth-order valence-electron chi connectivity index (χ4n) is 4.62. The van der Waals surface area contributed by atoms with Crippen LogP contribution in [-0.2, 0) is 23.9 Å². The molecule has 1 saturated heterocycles. The van der Waals surface area contributed by atoms with E-state index in [2.05, 4.69) is 41.9 Å². The molecule has 0 bridgehead atoms. The maximum Gasteiger partial charge on any atom is 0.356 e. The van der Waals surface area contributed by atoms with Gasteiger partial charge in [-0.3, -0.25) is 14.5 Å². The van der Waals surface area contributed by atoms with Gasteiger partial charge in [0.1, 0.15) is 11.1 Å². The van der Waals surface area contributed by atoms with Crippen molar-refractivity contribution in [3.63, 3.8) is 0 Å². The molecule has 40 heavy (non-hydrogen) atoms. The van der Waals surface area contributed by atoms with Crippen molar-refractivity contribution in [3.8, 4) is 0 Å². The normalized spacial score (nSPS) is 21.1. The fourth-order valence-corrected chi connectivity index (χ4v) is 7.27. The van der Waals surface area contributed by atoms with Crippen LogP contribution in [0.2, 0.25) is 0 Å². The number of benzene rings is 2. The number of nitrogens with zero attached hydrogens (tertiary/aromatic N) is 4. The average molecular weight is 646 g/mol. The van der Waals surface area contributed by atoms with Crippen molar-refractivity contribution in [1.29, 1.82) is 0 Å². The molecule has 0 spiro atoms. The molecule has 2 aromatic carbocycles. The summed E-state index contributed by atoms with van der Waals surface area (Å²) in [5.74, 6) is -1.26. The molecule has 0 saturated carbocycles. The number of hydrogen-bond acceptors (Lipinski definition) is 10. The molecule has 3 heterocycles. The number of hydrogen-bond donors (Lipinski definition) is 2. The average Bonchev–Trinajstić information content (AvgIpc) is 3.51. The van der Waals surface area contributed by atoms with Crippen molar-refractivity contribution in [2.24, 2.45) is 0 Å². The standard InChI is InChI=1S/C26H25BrN6O5S2/c1-15(40-25-29-31-32-30-25)18-14-39-24-26(37-2,28-19(34)13-27)23(36)33(24)20(18)22(35)38-21(16-9-5-3-6-10-16)17-11-7-4-8-12-17/h3-12,15,21,24H,13-14H2,1-2H3,(H,28,34)(H,29,30,31,32)/t15?,24-,26+/m1/s1. The SMILES string of the molecule is CO[C@@]1(NC(=O)CBr)C(=O)N2C(C(=O)OC(c3ccccc3)c3ccccc3)=C(C(C)Sc3nn[nH]n3)CS[C@@H]21. The molecular weight excluding hydrogens is 620 g/mol. The number of alkyl halides is 1. The molecule has 1 unspecified atom stereocenters. The Kier molecular flexibility index (Phi) is 8.59. The minimum atomic E-state index is -1.60. The largest absolute Gasteiger partial charge is 0.448 e. The van der Waals surface area contributed by atoms with Crippen LogP contribution in [0.3, 0.4) is 0 Å². The number of rotatable bonds is 10. The van der Waals surface area contributed by atoms with Crippen LogP contribution in [0, 0.1) is 0 Å². The van der Waals surface area contributed by atoms with E-state index in [9.17, 15) is 14.4 Å². The number of tetrazole rings is 1. The second-order valence-electron chi connectivity index (χ2n) is 8.90. The quantitative estimate of drug-likeness (QED) is 0.111. The summed E-state index contributed by atoms with van der Waals surface area (Å²) < 4.78 is 11.8. The molecule has 2 aliphatic heterocycles. The summed E-state index contributed by atoms with van der Waals surface area (Å²) >= 11 is 5.80. The van der Waals surface area contributed by atoms with Gasteiger partial charge < -0.3 is 14.8 Å². The Balaban J connectivity index is 1.53. The second-order valence-corrected chi connectivity index (χ2v) is 11.8. The van der Waals surface area contributed by atoms with E-state index in [4.69, 9.17) is 9.47 Å². The van der Waals surface area contributed by atoms with Crippen LogP contribution in [0.15, 0.2) is 77.1 Å². The van der Waals surface area contributed by atoms with E-state index < -0.39 is 35.0 Å². The number of nitrogens with one attached hydrogen (secondary N) is 2. The zero-order valence-electron chi connectivity index (χ0n) is 21.4. The number of methoxy groups -OCH3 is 1. The number of thioether (sulfide) groups is 2. The maximum absolute atomic E-state index is 14.1. The predicted molar refractivity (Wildman–Crippen MR) is 152 cm³/mol. The number of ether oxygens (including phenoxy) is 2. The fraction of sp³-hybridized carbons (Fsp3) is 0.308. The highest BCUT2D eigenvalue weighted by atomic mass is 79.9. The minimum Gasteiger partial charge on any atom is -0.448 e. The third kappa shape index (κ3) is 5.28. The second kappa shape index (κ2) is 12.1. The number of aromatic nitrogens is 4. The minimum absolute atomic E-state index is 0.00697. The molecule has 1 aromatic heterocycles. The van der Waals surface area contributed by atoms with Crippen LogP contribution < -0.4 is 5.32 Å². The Hall–Kier alpha value is -3.20. The van der Waals surface area contributed by atoms with Crippen molar-refractivity contribution in [3.05, 3.63) is 83.1 Å². The Bertz CT molecular complexity index is 1370. The van der Waals surface area contributed by atoms with Gasteiger partial charge in [0, 0.05) is 18.1 Å². The summed E-state index contributed by atoms with van der Waals surface area (Å²) in [5, 5.41) is 16.1. The third-order valence-corrected chi connectivity index (χ3v) is 9.42. The Labute approximate surface area is 246 Å². The van der Waals surface area contributed by atoms with E-state index >= 15 is 0 Å². The van der Waals surface area contributed by atoms with Crippen molar-refractivity contribution >= 4 is 57.2 Å². The smallest absolute Gasteiger partial charge is 0.356 e. The molecule has 3 aromatic rings. The lowest BCUT2D eigenvalue weighted by molar-refractivity contribution is -0.192. The van der Waals surface area contributed by atoms with E-state index in [-0.39, 0.29) is 16.3 Å². The number of aromatic amines is 1. The molecule has 0 radical (unpaired) electrons. The van der Waals surface area contributed by atoms with Crippen molar-refractivity contribution in [2.75, 3.05) is 18.2 Å². The van der Waals surface area contributed by atoms with Gasteiger partial charge in [-0.05, 0) is 28.8 Å². The highest BCUT2D eigenvalue weighted by Gasteiger charge is 2.67. The highest BCUT2D eigenvalue weighted by Crippen LogP contribution is 2.49. The van der Waals surface area contributed by atoms with Crippen LogP contribution in [0.1, 0.15) is 24.2 Å².